The van der Waals surface area contributed by atoms with Crippen molar-refractivity contribution in [2.24, 2.45) is 0 Å². The Hall–Kier alpha value is -1.62. The molecule has 0 aromatic carbocycles. The van der Waals surface area contributed by atoms with Gasteiger partial charge >= 0.3 is 5.97 Å². The third kappa shape index (κ3) is 2.06. The Kier molecular flexibility index (Phi) is 2.91. The first-order valence-electron chi connectivity index (χ1n) is 6.01. The third-order valence-electron chi connectivity index (χ3n) is 3.10. The van der Waals surface area contributed by atoms with Gasteiger partial charge < -0.3 is 9.52 Å². The number of aryl methyl sites for hydroxylation is 3. The number of aromatic nitrogens is 1. The van der Waals surface area contributed by atoms with E-state index < -0.39 is 5.97 Å². The van der Waals surface area contributed by atoms with E-state index in [0.29, 0.717) is 6.42 Å². The second-order valence-corrected chi connectivity index (χ2v) is 5.55. The molecule has 3 rings (SSSR count). The van der Waals surface area contributed by atoms with Crippen molar-refractivity contribution in [2.75, 3.05) is 0 Å². The monoisotopic (exact) mass is 263 g/mol. The summed E-state index contributed by atoms with van der Waals surface area (Å²) in [6.07, 6.45) is 5.24. The number of aliphatic carboxylic acids is 1. The molecule has 0 amide bonds. The fourth-order valence-corrected chi connectivity index (χ4v) is 3.37. The predicted octanol–water partition coefficient (Wildman–Crippen LogP) is 2.91. The van der Waals surface area contributed by atoms with Crippen LogP contribution in [0.4, 0.5) is 0 Å². The van der Waals surface area contributed by atoms with Gasteiger partial charge in [-0.05, 0) is 25.3 Å². The topological polar surface area (TPSA) is 63.3 Å². The maximum Gasteiger partial charge on any atom is 0.303 e. The molecule has 94 valence electrons. The Morgan fingerprint density at radius 3 is 3.22 bits per heavy atom. The molecule has 2 heterocycles. The smallest absolute Gasteiger partial charge is 0.303 e. The fraction of sp³-hybridized carbons (Fsp3) is 0.385. The number of carboxylic acid groups (broad SMARTS) is 1. The summed E-state index contributed by atoms with van der Waals surface area (Å²) >= 11 is 1.71. The van der Waals surface area contributed by atoms with Crippen molar-refractivity contribution in [1.29, 1.82) is 0 Å². The highest BCUT2D eigenvalue weighted by Crippen LogP contribution is 2.37. The highest BCUT2D eigenvalue weighted by molar-refractivity contribution is 7.12. The summed E-state index contributed by atoms with van der Waals surface area (Å²) in [6.45, 7) is 0. The minimum absolute atomic E-state index is 0.210. The lowest BCUT2D eigenvalue weighted by molar-refractivity contribution is -0.137. The highest BCUT2D eigenvalue weighted by Gasteiger charge is 2.22. The highest BCUT2D eigenvalue weighted by atomic mass is 32.1. The number of carbonyl (C=O) groups is 1. The van der Waals surface area contributed by atoms with Crippen LogP contribution in [0.5, 0.6) is 0 Å². The summed E-state index contributed by atoms with van der Waals surface area (Å²) in [5.41, 5.74) is 2.15. The molecule has 1 aliphatic carbocycles. The molecule has 1 N–H and O–H groups in total. The Bertz CT molecular complexity index is 585. The SMILES string of the molecule is O=C(O)CCCc1nc2c(s1)CCc1occc1-2. The number of hydrogen-bond acceptors (Lipinski definition) is 4. The molecule has 0 atom stereocenters. The van der Waals surface area contributed by atoms with Gasteiger partial charge in [-0.25, -0.2) is 4.98 Å². The molecular formula is C13H13NO3S. The Labute approximate surface area is 108 Å². The van der Waals surface area contributed by atoms with Gasteiger partial charge in [0.15, 0.2) is 0 Å². The number of furan rings is 1. The first-order valence-corrected chi connectivity index (χ1v) is 6.83. The molecule has 5 heteroatoms. The van der Waals surface area contributed by atoms with Crippen LogP contribution >= 0.6 is 11.3 Å². The summed E-state index contributed by atoms with van der Waals surface area (Å²) in [7, 11) is 0. The molecule has 18 heavy (non-hydrogen) atoms. The minimum atomic E-state index is -0.742. The lowest BCUT2D eigenvalue weighted by Gasteiger charge is -2.07. The first-order chi connectivity index (χ1) is 8.74. The second-order valence-electron chi connectivity index (χ2n) is 4.38. The van der Waals surface area contributed by atoms with E-state index in [4.69, 9.17) is 9.52 Å². The van der Waals surface area contributed by atoms with Crippen LogP contribution in [0.2, 0.25) is 0 Å². The molecule has 0 saturated heterocycles. The average molecular weight is 263 g/mol. The van der Waals surface area contributed by atoms with E-state index in [1.807, 2.05) is 6.07 Å². The minimum Gasteiger partial charge on any atom is -0.481 e. The zero-order valence-electron chi connectivity index (χ0n) is 9.81. The molecule has 1 aliphatic rings. The van der Waals surface area contributed by atoms with Crippen LogP contribution in [0.1, 0.15) is 28.5 Å². The molecule has 0 unspecified atom stereocenters. The molecule has 2 aromatic rings. The Morgan fingerprint density at radius 2 is 2.39 bits per heavy atom. The number of rotatable bonds is 4. The maximum atomic E-state index is 10.5. The maximum absolute atomic E-state index is 10.5. The molecular weight excluding hydrogens is 250 g/mol. The van der Waals surface area contributed by atoms with E-state index in [1.54, 1.807) is 17.6 Å². The van der Waals surface area contributed by atoms with Crippen LogP contribution in [-0.4, -0.2) is 16.1 Å². The van der Waals surface area contributed by atoms with Gasteiger partial charge in [0.1, 0.15) is 5.76 Å². The quantitative estimate of drug-likeness (QED) is 0.921. The van der Waals surface area contributed by atoms with E-state index in [2.05, 4.69) is 4.98 Å². The van der Waals surface area contributed by atoms with E-state index in [-0.39, 0.29) is 6.42 Å². The zero-order chi connectivity index (χ0) is 12.5. The summed E-state index contributed by atoms with van der Waals surface area (Å²) in [6, 6.07) is 1.97. The normalized spacial score (nSPS) is 13.1. The lowest BCUT2D eigenvalue weighted by atomic mass is 10.0. The van der Waals surface area contributed by atoms with Gasteiger partial charge in [0.2, 0.25) is 0 Å². The molecule has 0 saturated carbocycles. The van der Waals surface area contributed by atoms with E-state index >= 15 is 0 Å². The van der Waals surface area contributed by atoms with Gasteiger partial charge in [-0.1, -0.05) is 0 Å². The van der Waals surface area contributed by atoms with E-state index in [1.165, 1.54) is 4.88 Å². The number of nitrogens with zero attached hydrogens (tertiary/aromatic N) is 1. The summed E-state index contributed by atoms with van der Waals surface area (Å²) in [5.74, 6) is 0.276. The number of fused-ring (bicyclic) bond motifs is 3. The number of thiazole rings is 1. The van der Waals surface area contributed by atoms with Crippen molar-refractivity contribution in [3.63, 3.8) is 0 Å². The molecule has 0 radical (unpaired) electrons. The number of carboxylic acids is 1. The average Bonchev–Trinajstić information content (AvgIpc) is 2.92. The molecule has 0 aliphatic heterocycles. The van der Waals surface area contributed by atoms with Crippen molar-refractivity contribution in [3.05, 3.63) is 28.0 Å². The second kappa shape index (κ2) is 4.57. The van der Waals surface area contributed by atoms with Crippen molar-refractivity contribution >= 4 is 17.3 Å². The fourth-order valence-electron chi connectivity index (χ4n) is 2.25. The van der Waals surface area contributed by atoms with Crippen LogP contribution in [0, 0.1) is 0 Å². The van der Waals surface area contributed by atoms with Crippen LogP contribution in [0.3, 0.4) is 0 Å². The zero-order valence-corrected chi connectivity index (χ0v) is 10.6. The summed E-state index contributed by atoms with van der Waals surface area (Å²) < 4.78 is 5.42. The van der Waals surface area contributed by atoms with Gasteiger partial charge in [-0.15, -0.1) is 11.3 Å². The van der Waals surface area contributed by atoms with Gasteiger partial charge in [-0.2, -0.15) is 0 Å². The van der Waals surface area contributed by atoms with Crippen LogP contribution in [0.15, 0.2) is 16.7 Å². The summed E-state index contributed by atoms with van der Waals surface area (Å²) in [5, 5.41) is 9.66. The van der Waals surface area contributed by atoms with Crippen molar-refractivity contribution in [1.82, 2.24) is 4.98 Å². The van der Waals surface area contributed by atoms with Gasteiger partial charge in [0.05, 0.1) is 17.0 Å². The Balaban J connectivity index is 1.79. The Morgan fingerprint density at radius 1 is 1.50 bits per heavy atom. The van der Waals surface area contributed by atoms with Crippen LogP contribution < -0.4 is 0 Å². The predicted molar refractivity (Wildman–Crippen MR) is 67.8 cm³/mol. The van der Waals surface area contributed by atoms with Crippen molar-refractivity contribution in [3.8, 4) is 11.3 Å². The molecule has 4 nitrogen and oxygen atoms in total. The number of hydrogen-bond donors (Lipinski definition) is 1. The van der Waals surface area contributed by atoms with Crippen LogP contribution in [0.25, 0.3) is 11.3 Å². The molecule has 2 aromatic heterocycles. The van der Waals surface area contributed by atoms with Gasteiger partial charge in [0, 0.05) is 23.3 Å². The molecule has 0 spiro atoms. The van der Waals surface area contributed by atoms with E-state index in [9.17, 15) is 4.79 Å². The molecule has 0 bridgehead atoms. The van der Waals surface area contributed by atoms with Crippen LogP contribution in [-0.2, 0) is 24.1 Å². The largest absolute Gasteiger partial charge is 0.481 e. The lowest BCUT2D eigenvalue weighted by Crippen LogP contribution is -1.98. The third-order valence-corrected chi connectivity index (χ3v) is 4.28. The van der Waals surface area contributed by atoms with E-state index in [0.717, 1.165) is 41.3 Å². The van der Waals surface area contributed by atoms with Crippen molar-refractivity contribution < 1.29 is 14.3 Å². The van der Waals surface area contributed by atoms with Gasteiger partial charge in [-0.3, -0.25) is 4.79 Å². The first kappa shape index (κ1) is 11.5. The van der Waals surface area contributed by atoms with Gasteiger partial charge in [0.25, 0.3) is 0 Å². The van der Waals surface area contributed by atoms with Crippen molar-refractivity contribution in [2.45, 2.75) is 32.1 Å². The molecule has 0 fully saturated rings. The standard InChI is InChI=1S/C13H13NO3S/c15-12(16)3-1-2-11-14-13-8-6-7-17-9(8)4-5-10(13)18-11/h6-7H,1-5H2,(H,15,16). The summed E-state index contributed by atoms with van der Waals surface area (Å²) in [4.78, 5) is 16.4.